The predicted octanol–water partition coefficient (Wildman–Crippen LogP) is 0.422. The Morgan fingerprint density at radius 1 is 1.07 bits per heavy atom. The first-order valence-corrected chi connectivity index (χ1v) is 9.44. The molecule has 2 heterocycles. The summed E-state index contributed by atoms with van der Waals surface area (Å²) in [5.74, 6) is 0.0741. The molecule has 0 atom stereocenters. The first kappa shape index (κ1) is 19.0. The number of carbonyl (C=O) groups is 1. The molecule has 0 unspecified atom stereocenters. The number of rotatable bonds is 6. The van der Waals surface area contributed by atoms with Crippen molar-refractivity contribution in [2.45, 2.75) is 11.6 Å². The molecule has 9 heteroatoms. The molecule has 2 aromatic heterocycles. The molecule has 0 aliphatic heterocycles. The quantitative estimate of drug-likeness (QED) is 0.619. The minimum atomic E-state index is -0.442. The Bertz CT molecular complexity index is 1100. The van der Waals surface area contributed by atoms with Crippen LogP contribution in [0.2, 0.25) is 0 Å². The van der Waals surface area contributed by atoms with Gasteiger partial charge in [-0.2, -0.15) is 0 Å². The Morgan fingerprint density at radius 3 is 2.48 bits per heavy atom. The van der Waals surface area contributed by atoms with Gasteiger partial charge in [0.15, 0.2) is 16.3 Å². The summed E-state index contributed by atoms with van der Waals surface area (Å²) in [5, 5.41) is 3.39. The second kappa shape index (κ2) is 7.83. The number of benzene rings is 1. The second-order valence-corrected chi connectivity index (χ2v) is 7.15. The maximum absolute atomic E-state index is 12.3. The summed E-state index contributed by atoms with van der Waals surface area (Å²) in [6, 6.07) is 9.93. The number of nitrogens with zero attached hydrogens (tertiary/aromatic N) is 4. The van der Waals surface area contributed by atoms with Gasteiger partial charge in [0, 0.05) is 27.7 Å². The largest absolute Gasteiger partial charge is 0.355 e. The highest BCUT2D eigenvalue weighted by atomic mass is 32.2. The van der Waals surface area contributed by atoms with Crippen molar-refractivity contribution < 1.29 is 4.79 Å². The first-order chi connectivity index (χ1) is 12.9. The summed E-state index contributed by atoms with van der Waals surface area (Å²) in [7, 11) is 4.74. The average Bonchev–Trinajstić information content (AvgIpc) is 3.00. The Kier molecular flexibility index (Phi) is 5.50. The van der Waals surface area contributed by atoms with Gasteiger partial charge in [0.25, 0.3) is 5.56 Å². The number of fused-ring (bicyclic) bond motifs is 1. The topological polar surface area (TPSA) is 90.9 Å². The van der Waals surface area contributed by atoms with E-state index in [0.29, 0.717) is 17.3 Å². The van der Waals surface area contributed by atoms with Crippen molar-refractivity contribution in [3.63, 3.8) is 0 Å². The minimum Gasteiger partial charge on any atom is -0.355 e. The van der Waals surface area contributed by atoms with Gasteiger partial charge in [0.05, 0.1) is 5.75 Å². The van der Waals surface area contributed by atoms with Gasteiger partial charge < -0.3 is 9.88 Å². The van der Waals surface area contributed by atoms with Crippen molar-refractivity contribution in [3.8, 4) is 0 Å². The molecule has 0 aliphatic rings. The molecule has 3 rings (SSSR count). The summed E-state index contributed by atoms with van der Waals surface area (Å²) in [4.78, 5) is 40.8. The van der Waals surface area contributed by atoms with Crippen molar-refractivity contribution in [1.29, 1.82) is 0 Å². The zero-order chi connectivity index (χ0) is 19.6. The molecule has 8 nitrogen and oxygen atoms in total. The molecule has 0 fully saturated rings. The number of imidazole rings is 1. The van der Waals surface area contributed by atoms with Crippen LogP contribution in [0.3, 0.4) is 0 Å². The predicted molar refractivity (Wildman–Crippen MR) is 105 cm³/mol. The van der Waals surface area contributed by atoms with Gasteiger partial charge in [-0.1, -0.05) is 42.1 Å². The third-order valence-corrected chi connectivity index (χ3v) is 5.36. The monoisotopic (exact) mass is 387 g/mol. The molecule has 142 valence electrons. The Morgan fingerprint density at radius 2 is 1.78 bits per heavy atom. The summed E-state index contributed by atoms with van der Waals surface area (Å²) < 4.78 is 4.08. The summed E-state index contributed by atoms with van der Waals surface area (Å²) >= 11 is 1.23. The number of nitrogens with one attached hydrogen (secondary N) is 1. The van der Waals surface area contributed by atoms with Gasteiger partial charge in [-0.15, -0.1) is 0 Å². The van der Waals surface area contributed by atoms with E-state index in [0.717, 1.165) is 16.6 Å². The lowest BCUT2D eigenvalue weighted by molar-refractivity contribution is -0.118. The van der Waals surface area contributed by atoms with Gasteiger partial charge in [-0.25, -0.2) is 9.78 Å². The smallest absolute Gasteiger partial charge is 0.332 e. The van der Waals surface area contributed by atoms with E-state index in [9.17, 15) is 14.4 Å². The lowest BCUT2D eigenvalue weighted by atomic mass is 10.1. The normalized spacial score (nSPS) is 11.1. The Balaban J connectivity index is 1.67. The van der Waals surface area contributed by atoms with E-state index >= 15 is 0 Å². The van der Waals surface area contributed by atoms with Crippen LogP contribution in [0.5, 0.6) is 0 Å². The number of hydrogen-bond donors (Lipinski definition) is 1. The van der Waals surface area contributed by atoms with E-state index in [1.165, 1.54) is 23.4 Å². The van der Waals surface area contributed by atoms with Crippen LogP contribution in [0.4, 0.5) is 0 Å². The van der Waals surface area contributed by atoms with Crippen LogP contribution in [-0.4, -0.2) is 36.9 Å². The van der Waals surface area contributed by atoms with E-state index < -0.39 is 11.2 Å². The maximum Gasteiger partial charge on any atom is 0.332 e. The van der Waals surface area contributed by atoms with Crippen molar-refractivity contribution in [2.75, 3.05) is 12.3 Å². The Hall–Kier alpha value is -2.81. The zero-order valence-corrected chi connectivity index (χ0v) is 16.2. The average molecular weight is 387 g/mol. The third-order valence-electron chi connectivity index (χ3n) is 4.33. The van der Waals surface area contributed by atoms with Gasteiger partial charge in [-0.3, -0.25) is 18.7 Å². The summed E-state index contributed by atoms with van der Waals surface area (Å²) in [5.41, 5.74) is 0.968. The van der Waals surface area contributed by atoms with Crippen molar-refractivity contribution in [1.82, 2.24) is 24.0 Å². The van der Waals surface area contributed by atoms with E-state index in [1.54, 1.807) is 18.7 Å². The van der Waals surface area contributed by atoms with E-state index in [2.05, 4.69) is 10.3 Å². The lowest BCUT2D eigenvalue weighted by Crippen LogP contribution is -2.37. The van der Waals surface area contributed by atoms with Gasteiger partial charge >= 0.3 is 5.69 Å². The number of amides is 1. The van der Waals surface area contributed by atoms with Crippen LogP contribution in [0.15, 0.2) is 45.1 Å². The third kappa shape index (κ3) is 3.82. The fraction of sp³-hybridized carbons (Fsp3) is 0.333. The highest BCUT2D eigenvalue weighted by Crippen LogP contribution is 2.19. The van der Waals surface area contributed by atoms with Crippen LogP contribution >= 0.6 is 11.8 Å². The molecular weight excluding hydrogens is 366 g/mol. The maximum atomic E-state index is 12.3. The molecule has 0 radical (unpaired) electrons. The second-order valence-electron chi connectivity index (χ2n) is 6.21. The summed E-state index contributed by atoms with van der Waals surface area (Å²) in [6.45, 7) is 0.557. The van der Waals surface area contributed by atoms with E-state index in [4.69, 9.17) is 0 Å². The van der Waals surface area contributed by atoms with Crippen LogP contribution in [0.1, 0.15) is 5.56 Å². The standard InChI is InChI=1S/C18H21N5O3S/c1-21-15-14(16(25)23(3)18(26)22(15)2)20-17(21)27-11-13(24)19-10-9-12-7-5-4-6-8-12/h4-8H,9-11H2,1-3H3,(H,19,24). The van der Waals surface area contributed by atoms with Crippen LogP contribution < -0.4 is 16.6 Å². The molecule has 0 aliphatic carbocycles. The Labute approximate surface area is 159 Å². The summed E-state index contributed by atoms with van der Waals surface area (Å²) in [6.07, 6.45) is 0.766. The number of aryl methyl sites for hydroxylation is 2. The molecule has 3 aromatic rings. The fourth-order valence-corrected chi connectivity index (χ4v) is 3.66. The molecule has 0 bridgehead atoms. The minimum absolute atomic E-state index is 0.107. The molecule has 0 spiro atoms. The number of hydrogen-bond acceptors (Lipinski definition) is 5. The fourth-order valence-electron chi connectivity index (χ4n) is 2.86. The molecular formula is C18H21N5O3S. The van der Waals surface area contributed by atoms with Gasteiger partial charge in [0.2, 0.25) is 5.91 Å². The lowest BCUT2D eigenvalue weighted by Gasteiger charge is -2.07. The van der Waals surface area contributed by atoms with Crippen molar-refractivity contribution in [2.24, 2.45) is 21.1 Å². The molecule has 1 N–H and O–H groups in total. The molecule has 0 saturated carbocycles. The number of aromatic nitrogens is 4. The van der Waals surface area contributed by atoms with Crippen LogP contribution in [-0.2, 0) is 32.4 Å². The van der Waals surface area contributed by atoms with Gasteiger partial charge in [0.1, 0.15) is 0 Å². The highest BCUT2D eigenvalue weighted by Gasteiger charge is 2.17. The molecule has 0 saturated heterocycles. The first-order valence-electron chi connectivity index (χ1n) is 8.46. The molecule has 27 heavy (non-hydrogen) atoms. The molecule has 1 amide bonds. The van der Waals surface area contributed by atoms with E-state index in [1.807, 2.05) is 30.3 Å². The van der Waals surface area contributed by atoms with Crippen molar-refractivity contribution >= 4 is 28.8 Å². The SMILES string of the molecule is Cn1c(=O)c2nc(SCC(=O)NCCc3ccccc3)n(C)c2n(C)c1=O. The highest BCUT2D eigenvalue weighted by molar-refractivity contribution is 7.99. The van der Waals surface area contributed by atoms with Crippen LogP contribution in [0, 0.1) is 0 Å². The molecule has 1 aromatic carbocycles. The van der Waals surface area contributed by atoms with Gasteiger partial charge in [-0.05, 0) is 12.0 Å². The number of thioether (sulfide) groups is 1. The van der Waals surface area contributed by atoms with E-state index in [-0.39, 0.29) is 17.2 Å². The number of carbonyl (C=O) groups excluding carboxylic acids is 1. The zero-order valence-electron chi connectivity index (χ0n) is 15.4. The van der Waals surface area contributed by atoms with Crippen molar-refractivity contribution in [3.05, 3.63) is 56.7 Å². The van der Waals surface area contributed by atoms with Crippen LogP contribution in [0.25, 0.3) is 11.2 Å².